The van der Waals surface area contributed by atoms with Crippen LogP contribution in [0.4, 0.5) is 4.79 Å². The second kappa shape index (κ2) is 8.90. The van der Waals surface area contributed by atoms with E-state index in [0.717, 1.165) is 22.9 Å². The minimum Gasteiger partial charge on any atom is -0.479 e. The summed E-state index contributed by atoms with van der Waals surface area (Å²) in [5.74, 6) is -1.53. The average molecular weight is 452 g/mol. The molecule has 1 aliphatic rings. The number of carboxylic acids is 1. The molecule has 0 saturated carbocycles. The predicted molar refractivity (Wildman–Crippen MR) is 112 cm³/mol. The van der Waals surface area contributed by atoms with E-state index in [1.165, 1.54) is 23.1 Å². The first-order valence-corrected chi connectivity index (χ1v) is 9.96. The van der Waals surface area contributed by atoms with Gasteiger partial charge in [0.15, 0.2) is 12.4 Å². The van der Waals surface area contributed by atoms with Gasteiger partial charge >= 0.3 is 5.97 Å². The molecule has 9 heteroatoms. The Morgan fingerprint density at radius 3 is 2.38 bits per heavy atom. The van der Waals surface area contributed by atoms with Crippen molar-refractivity contribution in [1.82, 2.24) is 4.90 Å². The lowest BCUT2D eigenvalue weighted by Crippen LogP contribution is -2.27. The normalized spacial score (nSPS) is 15.3. The number of ether oxygens (including phenoxy) is 1. The molecule has 0 spiro atoms. The molecule has 0 bridgehead atoms. The second-order valence-electron chi connectivity index (χ2n) is 6.25. The lowest BCUT2D eigenvalue weighted by Gasteiger charge is -2.12. The molecule has 0 radical (unpaired) electrons. The Balaban J connectivity index is 1.80. The molecule has 1 saturated heterocycles. The van der Waals surface area contributed by atoms with Crippen LogP contribution in [0, 0.1) is 6.92 Å². The van der Waals surface area contributed by atoms with Gasteiger partial charge in [0.25, 0.3) is 11.1 Å². The number of nitrogens with zero attached hydrogens (tertiary/aromatic N) is 1. The fourth-order valence-corrected chi connectivity index (χ4v) is 4.05. The topological polar surface area (TPSA) is 83.9 Å². The molecule has 150 valence electrons. The molecule has 6 nitrogen and oxygen atoms in total. The van der Waals surface area contributed by atoms with Crippen molar-refractivity contribution in [2.45, 2.75) is 13.5 Å². The van der Waals surface area contributed by atoms with Crippen molar-refractivity contribution < 1.29 is 24.2 Å². The molecular formula is C20H15Cl2NO5S. The summed E-state index contributed by atoms with van der Waals surface area (Å²) in [6.45, 7) is 1.56. The highest BCUT2D eigenvalue weighted by molar-refractivity contribution is 8.18. The zero-order valence-electron chi connectivity index (χ0n) is 15.1. The summed E-state index contributed by atoms with van der Waals surface area (Å²) < 4.78 is 5.07. The highest BCUT2D eigenvalue weighted by Gasteiger charge is 2.35. The average Bonchev–Trinajstić information content (AvgIpc) is 2.90. The number of aliphatic carboxylic acids is 1. The molecule has 0 aromatic heterocycles. The summed E-state index contributed by atoms with van der Waals surface area (Å²) in [7, 11) is 0. The van der Waals surface area contributed by atoms with Gasteiger partial charge in [-0.15, -0.1) is 0 Å². The molecule has 0 atom stereocenters. The maximum Gasteiger partial charge on any atom is 0.341 e. The maximum absolute atomic E-state index is 12.7. The number of hydrogen-bond acceptors (Lipinski definition) is 5. The van der Waals surface area contributed by atoms with Gasteiger partial charge in [-0.05, 0) is 48.0 Å². The molecule has 0 unspecified atom stereocenters. The third kappa shape index (κ3) is 5.12. The van der Waals surface area contributed by atoms with Crippen LogP contribution in [0.2, 0.25) is 10.0 Å². The van der Waals surface area contributed by atoms with Gasteiger partial charge in [0.05, 0.1) is 21.5 Å². The van der Waals surface area contributed by atoms with Gasteiger partial charge in [-0.1, -0.05) is 53.0 Å². The molecule has 2 aromatic carbocycles. The van der Waals surface area contributed by atoms with Crippen molar-refractivity contribution >= 4 is 58.2 Å². The summed E-state index contributed by atoms with van der Waals surface area (Å²) in [4.78, 5) is 37.0. The molecular weight excluding hydrogens is 437 g/mol. The number of rotatable bonds is 6. The summed E-state index contributed by atoms with van der Waals surface area (Å²) in [5.41, 5.74) is 2.43. The van der Waals surface area contributed by atoms with Crippen LogP contribution < -0.4 is 4.74 Å². The van der Waals surface area contributed by atoms with Crippen LogP contribution in [0.3, 0.4) is 0 Å². The van der Waals surface area contributed by atoms with Gasteiger partial charge in [-0.3, -0.25) is 14.5 Å². The highest BCUT2D eigenvalue weighted by Crippen LogP contribution is 2.37. The standard InChI is InChI=1S/C20H15Cl2NO5S/c1-11-2-4-12(5-3-11)9-23-19(26)16(29-20(23)27)8-13-6-14(21)18(15(22)7-13)28-10-17(24)25/h2-8H,9-10H2,1H3,(H,24,25)/b16-8-. The molecule has 1 aliphatic heterocycles. The minimum atomic E-state index is -1.16. The SMILES string of the molecule is Cc1ccc(CN2C(=O)S/C(=C\c3cc(Cl)c(OCC(=O)O)c(Cl)c3)C2=O)cc1. The summed E-state index contributed by atoms with van der Waals surface area (Å²) in [6.07, 6.45) is 1.51. The Labute approximate surface area is 181 Å². The summed E-state index contributed by atoms with van der Waals surface area (Å²) in [5, 5.41) is 8.54. The Morgan fingerprint density at radius 2 is 1.79 bits per heavy atom. The van der Waals surface area contributed by atoms with E-state index in [2.05, 4.69) is 0 Å². The maximum atomic E-state index is 12.7. The van der Waals surface area contributed by atoms with E-state index in [1.54, 1.807) is 0 Å². The molecule has 1 fully saturated rings. The number of thioether (sulfide) groups is 1. The summed E-state index contributed by atoms with van der Waals surface area (Å²) in [6, 6.07) is 10.6. The van der Waals surface area contributed by atoms with Crippen LogP contribution in [0.1, 0.15) is 16.7 Å². The van der Waals surface area contributed by atoms with Crippen molar-refractivity contribution in [3.05, 3.63) is 68.0 Å². The number of aryl methyl sites for hydroxylation is 1. The molecule has 3 rings (SSSR count). The van der Waals surface area contributed by atoms with E-state index < -0.39 is 18.5 Å². The van der Waals surface area contributed by atoms with E-state index in [1.807, 2.05) is 31.2 Å². The van der Waals surface area contributed by atoms with Gasteiger partial charge < -0.3 is 9.84 Å². The van der Waals surface area contributed by atoms with Crippen LogP contribution >= 0.6 is 35.0 Å². The van der Waals surface area contributed by atoms with Gasteiger partial charge in [-0.25, -0.2) is 4.79 Å². The number of carbonyl (C=O) groups excluding carboxylic acids is 2. The van der Waals surface area contributed by atoms with E-state index in [9.17, 15) is 14.4 Å². The van der Waals surface area contributed by atoms with E-state index in [-0.39, 0.29) is 32.5 Å². The fourth-order valence-electron chi connectivity index (χ4n) is 2.60. The number of amides is 2. The number of carbonyl (C=O) groups is 3. The molecule has 1 N–H and O–H groups in total. The number of benzene rings is 2. The quantitative estimate of drug-likeness (QED) is 0.621. The first-order valence-electron chi connectivity index (χ1n) is 8.39. The number of halogens is 2. The van der Waals surface area contributed by atoms with Crippen LogP contribution in [0.25, 0.3) is 6.08 Å². The van der Waals surface area contributed by atoms with Crippen molar-refractivity contribution in [2.24, 2.45) is 0 Å². The Hall–Kier alpha value is -2.48. The minimum absolute atomic E-state index is 0.0420. The Bertz CT molecular complexity index is 997. The molecule has 2 amide bonds. The van der Waals surface area contributed by atoms with Crippen LogP contribution in [0.15, 0.2) is 41.3 Å². The molecule has 0 aliphatic carbocycles. The van der Waals surface area contributed by atoms with Crippen molar-refractivity contribution in [3.8, 4) is 5.75 Å². The second-order valence-corrected chi connectivity index (χ2v) is 8.06. The summed E-state index contributed by atoms with van der Waals surface area (Å²) >= 11 is 13.1. The van der Waals surface area contributed by atoms with Gasteiger partial charge in [0, 0.05) is 0 Å². The fraction of sp³-hybridized carbons (Fsp3) is 0.150. The number of hydrogen-bond donors (Lipinski definition) is 1. The van der Waals surface area contributed by atoms with Crippen LogP contribution in [0.5, 0.6) is 5.75 Å². The smallest absolute Gasteiger partial charge is 0.341 e. The molecule has 1 heterocycles. The predicted octanol–water partition coefficient (Wildman–Crippen LogP) is 5.00. The van der Waals surface area contributed by atoms with Gasteiger partial charge in [0.2, 0.25) is 0 Å². The third-order valence-corrected chi connectivity index (χ3v) is 5.46. The van der Waals surface area contributed by atoms with Gasteiger partial charge in [-0.2, -0.15) is 0 Å². The first kappa shape index (κ1) is 21.2. The van der Waals surface area contributed by atoms with E-state index in [4.69, 9.17) is 33.0 Å². The monoisotopic (exact) mass is 451 g/mol. The lowest BCUT2D eigenvalue weighted by atomic mass is 10.1. The Kier molecular flexibility index (Phi) is 6.52. The Morgan fingerprint density at radius 1 is 1.17 bits per heavy atom. The first-order chi connectivity index (χ1) is 13.7. The van der Waals surface area contributed by atoms with Crippen molar-refractivity contribution in [2.75, 3.05) is 6.61 Å². The molecule has 29 heavy (non-hydrogen) atoms. The lowest BCUT2D eigenvalue weighted by molar-refractivity contribution is -0.139. The van der Waals surface area contributed by atoms with Gasteiger partial charge in [0.1, 0.15) is 0 Å². The van der Waals surface area contributed by atoms with Crippen molar-refractivity contribution in [1.29, 1.82) is 0 Å². The zero-order valence-corrected chi connectivity index (χ0v) is 17.5. The third-order valence-electron chi connectivity index (χ3n) is 3.99. The highest BCUT2D eigenvalue weighted by atomic mass is 35.5. The zero-order chi connectivity index (χ0) is 21.1. The van der Waals surface area contributed by atoms with Crippen LogP contribution in [-0.2, 0) is 16.1 Å². The largest absolute Gasteiger partial charge is 0.479 e. The molecule has 2 aromatic rings. The number of carboxylic acid groups (broad SMARTS) is 1. The van der Waals surface area contributed by atoms with Crippen LogP contribution in [-0.4, -0.2) is 33.7 Å². The van der Waals surface area contributed by atoms with Crippen molar-refractivity contribution in [3.63, 3.8) is 0 Å². The number of imide groups is 1. The van der Waals surface area contributed by atoms with E-state index in [0.29, 0.717) is 5.56 Å². The van der Waals surface area contributed by atoms with E-state index >= 15 is 0 Å².